The van der Waals surface area contributed by atoms with Gasteiger partial charge in [-0.25, -0.2) is 4.98 Å². The molecule has 5 nitrogen and oxygen atoms in total. The van der Waals surface area contributed by atoms with Crippen LogP contribution in [0.4, 0.5) is 5.69 Å². The van der Waals surface area contributed by atoms with Gasteiger partial charge < -0.3 is 9.84 Å². The van der Waals surface area contributed by atoms with Crippen molar-refractivity contribution < 1.29 is 9.32 Å². The second-order valence-corrected chi connectivity index (χ2v) is 6.93. The number of aryl methyl sites for hydroxylation is 1. The lowest BCUT2D eigenvalue weighted by Gasteiger charge is -2.09. The molecule has 6 heteroatoms. The minimum Gasteiger partial charge on any atom is -0.335 e. The van der Waals surface area contributed by atoms with Crippen LogP contribution in [0.5, 0.6) is 0 Å². The van der Waals surface area contributed by atoms with Crippen LogP contribution in [0.1, 0.15) is 16.1 Å². The Morgan fingerprint density at radius 2 is 1.89 bits per heavy atom. The van der Waals surface area contributed by atoms with E-state index < -0.39 is 0 Å². The van der Waals surface area contributed by atoms with Gasteiger partial charge in [0.15, 0.2) is 0 Å². The van der Waals surface area contributed by atoms with E-state index in [1.165, 1.54) is 0 Å². The van der Waals surface area contributed by atoms with E-state index in [0.717, 1.165) is 16.1 Å². The van der Waals surface area contributed by atoms with Crippen LogP contribution in [0.3, 0.4) is 0 Å². The molecule has 0 saturated carbocycles. The summed E-state index contributed by atoms with van der Waals surface area (Å²) in [6.07, 6.45) is 2.00. The maximum Gasteiger partial charge on any atom is 0.259 e. The monoisotopic (exact) mass is 375 g/mol. The van der Waals surface area contributed by atoms with Crippen molar-refractivity contribution in [3.05, 3.63) is 71.9 Å². The molecular formula is C21H17N3O2S. The molecule has 0 fully saturated rings. The highest BCUT2D eigenvalue weighted by atomic mass is 32.2. The molecule has 2 aromatic carbocycles. The van der Waals surface area contributed by atoms with Gasteiger partial charge in [-0.3, -0.25) is 4.79 Å². The van der Waals surface area contributed by atoms with Crippen LogP contribution in [-0.4, -0.2) is 22.3 Å². The highest BCUT2D eigenvalue weighted by Crippen LogP contribution is 2.28. The van der Waals surface area contributed by atoms with Crippen LogP contribution in [0, 0.1) is 6.92 Å². The second-order valence-electron chi connectivity index (χ2n) is 6.06. The standard InChI is InChI=1S/C21H17N3O2S/c1-13-19-17(20(25)22-15-9-6-10-16(11-15)27-2)12-18(23-21(19)26-24-13)14-7-4-3-5-8-14/h3-12H,1-2H3,(H,22,25). The first-order valence-electron chi connectivity index (χ1n) is 8.43. The summed E-state index contributed by atoms with van der Waals surface area (Å²) in [5.74, 6) is -0.218. The molecule has 2 aromatic heterocycles. The number of aromatic nitrogens is 2. The zero-order chi connectivity index (χ0) is 18.8. The number of benzene rings is 2. The topological polar surface area (TPSA) is 68.0 Å². The smallest absolute Gasteiger partial charge is 0.259 e. The maximum absolute atomic E-state index is 13.0. The minimum absolute atomic E-state index is 0.218. The predicted molar refractivity (Wildman–Crippen MR) is 108 cm³/mol. The zero-order valence-electron chi connectivity index (χ0n) is 14.9. The van der Waals surface area contributed by atoms with Gasteiger partial charge in [0.05, 0.1) is 22.3 Å². The van der Waals surface area contributed by atoms with Crippen LogP contribution in [0.25, 0.3) is 22.4 Å². The van der Waals surface area contributed by atoms with Crippen molar-refractivity contribution in [1.82, 2.24) is 10.1 Å². The molecule has 0 aliphatic carbocycles. The number of nitrogens with zero attached hydrogens (tertiary/aromatic N) is 2. The van der Waals surface area contributed by atoms with Gasteiger partial charge >= 0.3 is 0 Å². The molecule has 0 radical (unpaired) electrons. The van der Waals surface area contributed by atoms with E-state index in [0.29, 0.717) is 28.1 Å². The number of carbonyl (C=O) groups is 1. The van der Waals surface area contributed by atoms with E-state index >= 15 is 0 Å². The van der Waals surface area contributed by atoms with Gasteiger partial charge in [0.1, 0.15) is 0 Å². The minimum atomic E-state index is -0.218. The molecule has 0 spiro atoms. The van der Waals surface area contributed by atoms with Gasteiger partial charge in [0, 0.05) is 16.1 Å². The Hall–Kier alpha value is -3.12. The Morgan fingerprint density at radius 1 is 1.07 bits per heavy atom. The number of rotatable bonds is 4. The summed E-state index contributed by atoms with van der Waals surface area (Å²) < 4.78 is 5.34. The number of hydrogen-bond donors (Lipinski definition) is 1. The summed E-state index contributed by atoms with van der Waals surface area (Å²) in [7, 11) is 0. The summed E-state index contributed by atoms with van der Waals surface area (Å²) in [6.45, 7) is 1.81. The Bertz CT molecular complexity index is 1120. The molecule has 0 unspecified atom stereocenters. The van der Waals surface area contributed by atoms with Gasteiger partial charge in [-0.2, -0.15) is 0 Å². The van der Waals surface area contributed by atoms with Crippen molar-refractivity contribution in [3.63, 3.8) is 0 Å². The van der Waals surface area contributed by atoms with Crippen LogP contribution in [0.2, 0.25) is 0 Å². The average molecular weight is 375 g/mol. The van der Waals surface area contributed by atoms with Gasteiger partial charge in [-0.15, -0.1) is 11.8 Å². The van der Waals surface area contributed by atoms with E-state index in [-0.39, 0.29) is 5.91 Å². The number of thioether (sulfide) groups is 1. The molecule has 4 rings (SSSR count). The van der Waals surface area contributed by atoms with E-state index in [2.05, 4.69) is 15.5 Å². The van der Waals surface area contributed by atoms with Crippen LogP contribution >= 0.6 is 11.8 Å². The first kappa shape index (κ1) is 17.3. The molecule has 1 amide bonds. The van der Waals surface area contributed by atoms with Crippen LogP contribution in [0.15, 0.2) is 70.1 Å². The van der Waals surface area contributed by atoms with E-state index in [9.17, 15) is 4.79 Å². The van der Waals surface area contributed by atoms with Crippen molar-refractivity contribution in [3.8, 4) is 11.3 Å². The van der Waals surface area contributed by atoms with E-state index in [1.54, 1.807) is 24.8 Å². The fourth-order valence-corrected chi connectivity index (χ4v) is 3.39. The normalized spacial score (nSPS) is 10.9. The number of amides is 1. The van der Waals surface area contributed by atoms with Crippen molar-refractivity contribution >= 4 is 34.5 Å². The SMILES string of the molecule is CSc1cccc(NC(=O)c2cc(-c3ccccc3)nc3onc(C)c23)c1. The third kappa shape index (κ3) is 3.44. The van der Waals surface area contributed by atoms with Gasteiger partial charge in [0.25, 0.3) is 11.6 Å². The number of carbonyl (C=O) groups excluding carboxylic acids is 1. The highest BCUT2D eigenvalue weighted by molar-refractivity contribution is 7.98. The maximum atomic E-state index is 13.0. The van der Waals surface area contributed by atoms with Crippen molar-refractivity contribution in [2.45, 2.75) is 11.8 Å². The molecule has 1 N–H and O–H groups in total. The highest BCUT2D eigenvalue weighted by Gasteiger charge is 2.19. The molecule has 2 heterocycles. The molecule has 134 valence electrons. The molecule has 0 saturated heterocycles. The molecule has 0 bridgehead atoms. The quantitative estimate of drug-likeness (QED) is 0.498. The summed E-state index contributed by atoms with van der Waals surface area (Å²) in [5, 5.41) is 7.59. The number of anilines is 1. The lowest BCUT2D eigenvalue weighted by atomic mass is 10.1. The largest absolute Gasteiger partial charge is 0.335 e. The van der Waals surface area contributed by atoms with Gasteiger partial charge in [0.2, 0.25) is 0 Å². The molecule has 4 aromatic rings. The fourth-order valence-electron chi connectivity index (χ4n) is 2.93. The summed E-state index contributed by atoms with van der Waals surface area (Å²) in [6, 6.07) is 19.2. The Kier molecular flexibility index (Phi) is 4.64. The Balaban J connectivity index is 1.79. The molecule has 0 aliphatic rings. The molecule has 0 aliphatic heterocycles. The van der Waals surface area contributed by atoms with Crippen molar-refractivity contribution in [2.75, 3.05) is 11.6 Å². The number of nitrogens with one attached hydrogen (secondary N) is 1. The van der Waals surface area contributed by atoms with E-state index in [1.807, 2.05) is 60.9 Å². The van der Waals surface area contributed by atoms with E-state index in [4.69, 9.17) is 4.52 Å². The van der Waals surface area contributed by atoms with Crippen LogP contribution in [-0.2, 0) is 0 Å². The fraction of sp³-hybridized carbons (Fsp3) is 0.0952. The Morgan fingerprint density at radius 3 is 2.67 bits per heavy atom. The van der Waals surface area contributed by atoms with Gasteiger partial charge in [-0.1, -0.05) is 41.6 Å². The zero-order valence-corrected chi connectivity index (χ0v) is 15.7. The predicted octanol–water partition coefficient (Wildman–Crippen LogP) is 5.17. The van der Waals surface area contributed by atoms with Crippen molar-refractivity contribution in [2.24, 2.45) is 0 Å². The van der Waals surface area contributed by atoms with Crippen LogP contribution < -0.4 is 5.32 Å². The lowest BCUT2D eigenvalue weighted by Crippen LogP contribution is -2.13. The van der Waals surface area contributed by atoms with Crippen molar-refractivity contribution in [1.29, 1.82) is 0 Å². The first-order chi connectivity index (χ1) is 13.2. The third-order valence-electron chi connectivity index (χ3n) is 4.26. The summed E-state index contributed by atoms with van der Waals surface area (Å²) >= 11 is 1.63. The summed E-state index contributed by atoms with van der Waals surface area (Å²) in [5.41, 5.74) is 3.81. The third-order valence-corrected chi connectivity index (χ3v) is 4.98. The lowest BCUT2D eigenvalue weighted by molar-refractivity contribution is 0.102. The number of fused-ring (bicyclic) bond motifs is 1. The molecule has 27 heavy (non-hydrogen) atoms. The second kappa shape index (κ2) is 7.25. The molecule has 0 atom stereocenters. The first-order valence-corrected chi connectivity index (χ1v) is 9.66. The van der Waals surface area contributed by atoms with Gasteiger partial charge in [-0.05, 0) is 37.4 Å². The number of hydrogen-bond acceptors (Lipinski definition) is 5. The number of pyridine rings is 1. The summed E-state index contributed by atoms with van der Waals surface area (Å²) in [4.78, 5) is 18.7. The molecular weight excluding hydrogens is 358 g/mol. The Labute approximate surface area is 160 Å². The average Bonchev–Trinajstić information content (AvgIpc) is 3.09.